The molecule has 0 aromatic rings. The third-order valence-electron chi connectivity index (χ3n) is 3.19. The molecule has 0 aromatic heterocycles. The number of hydrogen-bond donors (Lipinski definition) is 0. The molecule has 2 fully saturated rings. The van der Waals surface area contributed by atoms with Crippen molar-refractivity contribution < 1.29 is 4.74 Å². The topological polar surface area (TPSA) is 12.5 Å². The van der Waals surface area contributed by atoms with Gasteiger partial charge in [0.2, 0.25) is 0 Å². The van der Waals surface area contributed by atoms with Crippen molar-refractivity contribution in [2.45, 2.75) is 31.8 Å². The highest BCUT2D eigenvalue weighted by Crippen LogP contribution is 2.37. The van der Waals surface area contributed by atoms with Crippen LogP contribution in [-0.2, 0) is 4.74 Å². The zero-order valence-corrected chi connectivity index (χ0v) is 8.46. The van der Waals surface area contributed by atoms with Gasteiger partial charge in [-0.2, -0.15) is 0 Å². The number of nitrogens with zero attached hydrogens (tertiary/aromatic N) is 1. The molecule has 1 aliphatic carbocycles. The van der Waals surface area contributed by atoms with Gasteiger partial charge < -0.3 is 4.74 Å². The van der Waals surface area contributed by atoms with Gasteiger partial charge in [-0.3, -0.25) is 4.90 Å². The Hall–Kier alpha value is -0.340. The van der Waals surface area contributed by atoms with E-state index < -0.39 is 0 Å². The first-order valence-electron chi connectivity index (χ1n) is 5.32. The van der Waals surface area contributed by atoms with E-state index in [1.165, 1.54) is 19.3 Å². The van der Waals surface area contributed by atoms with Crippen molar-refractivity contribution in [2.24, 2.45) is 0 Å². The summed E-state index contributed by atoms with van der Waals surface area (Å²) in [5.74, 6) is 0. The van der Waals surface area contributed by atoms with Crippen LogP contribution in [0.1, 0.15) is 26.2 Å². The molecule has 74 valence electrons. The van der Waals surface area contributed by atoms with Crippen molar-refractivity contribution in [1.29, 1.82) is 0 Å². The van der Waals surface area contributed by atoms with E-state index in [0.717, 1.165) is 26.2 Å². The van der Waals surface area contributed by atoms with Gasteiger partial charge in [-0.15, -0.1) is 0 Å². The fraction of sp³-hybridized carbons (Fsp3) is 0.818. The maximum Gasteiger partial charge on any atom is 0.0809 e. The van der Waals surface area contributed by atoms with Crippen molar-refractivity contribution >= 4 is 0 Å². The maximum absolute atomic E-state index is 5.85. The van der Waals surface area contributed by atoms with E-state index >= 15 is 0 Å². The Labute approximate surface area is 80.6 Å². The van der Waals surface area contributed by atoms with E-state index in [-0.39, 0.29) is 5.60 Å². The van der Waals surface area contributed by atoms with Crippen LogP contribution >= 0.6 is 0 Å². The summed E-state index contributed by atoms with van der Waals surface area (Å²) in [4.78, 5) is 2.50. The fourth-order valence-electron chi connectivity index (χ4n) is 2.21. The van der Waals surface area contributed by atoms with Gasteiger partial charge in [0.15, 0.2) is 0 Å². The van der Waals surface area contributed by atoms with E-state index in [4.69, 9.17) is 4.74 Å². The minimum atomic E-state index is 0.264. The van der Waals surface area contributed by atoms with Crippen LogP contribution in [0.15, 0.2) is 12.2 Å². The standard InChI is InChI=1S/C11H19NO/c1-2-3-7-12-8-9-13-11(10-12)5-4-6-11/h2-3H,4-10H2,1H3/b3-2+. The molecule has 0 aromatic carbocycles. The van der Waals surface area contributed by atoms with Crippen LogP contribution in [0.5, 0.6) is 0 Å². The Balaban J connectivity index is 1.85. The second-order valence-electron chi connectivity index (χ2n) is 4.19. The van der Waals surface area contributed by atoms with Crippen LogP contribution in [0.4, 0.5) is 0 Å². The highest BCUT2D eigenvalue weighted by atomic mass is 16.5. The average molecular weight is 181 g/mol. The summed E-state index contributed by atoms with van der Waals surface area (Å²) < 4.78 is 5.85. The largest absolute Gasteiger partial charge is 0.372 e. The number of hydrogen-bond acceptors (Lipinski definition) is 2. The van der Waals surface area contributed by atoms with Gasteiger partial charge in [0.05, 0.1) is 12.2 Å². The molecule has 1 spiro atoms. The Bertz CT molecular complexity index is 196. The molecular formula is C11H19NO. The van der Waals surface area contributed by atoms with E-state index in [0.29, 0.717) is 0 Å². The molecule has 0 radical (unpaired) electrons. The highest BCUT2D eigenvalue weighted by molar-refractivity contribution is 4.96. The van der Waals surface area contributed by atoms with Gasteiger partial charge in [0, 0.05) is 19.6 Å². The maximum atomic E-state index is 5.85. The molecule has 0 amide bonds. The van der Waals surface area contributed by atoms with Crippen LogP contribution in [0.3, 0.4) is 0 Å². The Morgan fingerprint density at radius 1 is 1.46 bits per heavy atom. The van der Waals surface area contributed by atoms with Gasteiger partial charge in [0.1, 0.15) is 0 Å². The van der Waals surface area contributed by atoms with Crippen molar-refractivity contribution in [3.05, 3.63) is 12.2 Å². The molecule has 1 saturated heterocycles. The zero-order chi connectivity index (χ0) is 9.15. The minimum Gasteiger partial charge on any atom is -0.372 e. The van der Waals surface area contributed by atoms with E-state index in [1.807, 2.05) is 0 Å². The highest BCUT2D eigenvalue weighted by Gasteiger charge is 2.41. The van der Waals surface area contributed by atoms with E-state index in [9.17, 15) is 0 Å². The van der Waals surface area contributed by atoms with Gasteiger partial charge in [-0.25, -0.2) is 0 Å². The Morgan fingerprint density at radius 2 is 2.31 bits per heavy atom. The van der Waals surface area contributed by atoms with Gasteiger partial charge >= 0.3 is 0 Å². The first-order chi connectivity index (χ1) is 6.35. The first kappa shape index (κ1) is 9.22. The van der Waals surface area contributed by atoms with Crippen LogP contribution in [-0.4, -0.2) is 36.7 Å². The summed E-state index contributed by atoms with van der Waals surface area (Å²) in [6.07, 6.45) is 8.27. The van der Waals surface area contributed by atoms with Crippen molar-refractivity contribution in [2.75, 3.05) is 26.2 Å². The summed E-state index contributed by atoms with van der Waals surface area (Å²) >= 11 is 0. The zero-order valence-electron chi connectivity index (χ0n) is 8.46. The number of ether oxygens (including phenoxy) is 1. The molecule has 1 aliphatic heterocycles. The van der Waals surface area contributed by atoms with Crippen LogP contribution in [0.2, 0.25) is 0 Å². The molecular weight excluding hydrogens is 162 g/mol. The monoisotopic (exact) mass is 181 g/mol. The third kappa shape index (κ3) is 1.94. The lowest BCUT2D eigenvalue weighted by molar-refractivity contribution is -0.149. The number of rotatable bonds is 2. The normalized spacial score (nSPS) is 28.1. The molecule has 1 saturated carbocycles. The lowest BCUT2D eigenvalue weighted by Crippen LogP contribution is -2.55. The third-order valence-corrected chi connectivity index (χ3v) is 3.19. The minimum absolute atomic E-state index is 0.264. The van der Waals surface area contributed by atoms with Gasteiger partial charge in [-0.1, -0.05) is 12.2 Å². The Kier molecular flexibility index (Phi) is 2.70. The molecule has 1 heterocycles. The smallest absolute Gasteiger partial charge is 0.0809 e. The molecule has 0 unspecified atom stereocenters. The molecule has 0 atom stereocenters. The fourth-order valence-corrected chi connectivity index (χ4v) is 2.21. The molecule has 2 rings (SSSR count). The lowest BCUT2D eigenvalue weighted by atomic mass is 9.79. The predicted octanol–water partition coefficient (Wildman–Crippen LogP) is 1.82. The predicted molar refractivity (Wildman–Crippen MR) is 53.8 cm³/mol. The van der Waals surface area contributed by atoms with E-state index in [2.05, 4.69) is 24.0 Å². The summed E-state index contributed by atoms with van der Waals surface area (Å²) in [5.41, 5.74) is 0.264. The summed E-state index contributed by atoms with van der Waals surface area (Å²) in [6.45, 7) is 6.36. The molecule has 13 heavy (non-hydrogen) atoms. The lowest BCUT2D eigenvalue weighted by Gasteiger charge is -2.48. The summed E-state index contributed by atoms with van der Waals surface area (Å²) in [6, 6.07) is 0. The van der Waals surface area contributed by atoms with E-state index in [1.54, 1.807) is 0 Å². The molecule has 0 N–H and O–H groups in total. The quantitative estimate of drug-likeness (QED) is 0.602. The average Bonchev–Trinajstić information content (AvgIpc) is 2.13. The summed E-state index contributed by atoms with van der Waals surface area (Å²) in [7, 11) is 0. The molecule has 2 aliphatic rings. The van der Waals surface area contributed by atoms with Crippen molar-refractivity contribution in [3.63, 3.8) is 0 Å². The molecule has 2 heteroatoms. The summed E-state index contributed by atoms with van der Waals surface area (Å²) in [5, 5.41) is 0. The van der Waals surface area contributed by atoms with Crippen molar-refractivity contribution in [3.8, 4) is 0 Å². The molecule has 2 nitrogen and oxygen atoms in total. The Morgan fingerprint density at radius 3 is 2.92 bits per heavy atom. The molecule has 0 bridgehead atoms. The second-order valence-corrected chi connectivity index (χ2v) is 4.19. The van der Waals surface area contributed by atoms with Crippen LogP contribution in [0.25, 0.3) is 0 Å². The number of allylic oxidation sites excluding steroid dienone is 1. The van der Waals surface area contributed by atoms with Gasteiger partial charge in [-0.05, 0) is 26.2 Å². The van der Waals surface area contributed by atoms with Crippen LogP contribution < -0.4 is 0 Å². The number of morpholine rings is 1. The van der Waals surface area contributed by atoms with Gasteiger partial charge in [0.25, 0.3) is 0 Å². The van der Waals surface area contributed by atoms with Crippen LogP contribution in [0, 0.1) is 0 Å². The van der Waals surface area contributed by atoms with Crippen molar-refractivity contribution in [1.82, 2.24) is 4.90 Å². The first-order valence-corrected chi connectivity index (χ1v) is 5.32. The SMILES string of the molecule is C/C=C/CN1CCOC2(CCC2)C1. The second kappa shape index (κ2) is 3.81.